The summed E-state index contributed by atoms with van der Waals surface area (Å²) in [6, 6.07) is 15.6. The molecule has 0 amide bonds. The summed E-state index contributed by atoms with van der Waals surface area (Å²) in [7, 11) is -1.93. The van der Waals surface area contributed by atoms with Gasteiger partial charge in [0.1, 0.15) is 8.07 Å². The van der Waals surface area contributed by atoms with Crippen molar-refractivity contribution in [2.75, 3.05) is 0 Å². The van der Waals surface area contributed by atoms with E-state index in [-0.39, 0.29) is 18.3 Å². The highest BCUT2D eigenvalue weighted by Crippen LogP contribution is 2.36. The molecule has 2 aliphatic heterocycles. The molecule has 0 spiro atoms. The zero-order valence-corrected chi connectivity index (χ0v) is 16.4. The van der Waals surface area contributed by atoms with Crippen LogP contribution in [0.4, 0.5) is 0 Å². The molecule has 2 aromatic carbocycles. The van der Waals surface area contributed by atoms with Crippen LogP contribution in [-0.2, 0) is 9.31 Å². The van der Waals surface area contributed by atoms with Crippen LogP contribution in [0.5, 0.6) is 0 Å². The second-order valence-electron chi connectivity index (χ2n) is 8.56. The minimum atomic E-state index is -1.65. The first-order valence-corrected chi connectivity index (χ1v) is 11.7. The van der Waals surface area contributed by atoms with E-state index in [0.717, 1.165) is 5.46 Å². The van der Waals surface area contributed by atoms with E-state index >= 15 is 0 Å². The fraction of sp³-hybridized carbons (Fsp3) is 0.400. The van der Waals surface area contributed by atoms with E-state index in [4.69, 9.17) is 9.31 Å². The minimum Gasteiger partial charge on any atom is -0.399 e. The van der Waals surface area contributed by atoms with E-state index < -0.39 is 8.07 Å². The van der Waals surface area contributed by atoms with Crippen molar-refractivity contribution in [3.8, 4) is 11.1 Å². The van der Waals surface area contributed by atoms with Crippen molar-refractivity contribution in [3.63, 3.8) is 0 Å². The molecule has 24 heavy (non-hydrogen) atoms. The summed E-state index contributed by atoms with van der Waals surface area (Å²) in [6.07, 6.45) is 0. The van der Waals surface area contributed by atoms with Crippen LogP contribution >= 0.6 is 0 Å². The second-order valence-corrected chi connectivity index (χ2v) is 12.9. The van der Waals surface area contributed by atoms with Gasteiger partial charge in [0.2, 0.25) is 0 Å². The Morgan fingerprint density at radius 1 is 0.792 bits per heavy atom. The lowest BCUT2D eigenvalue weighted by atomic mass is 9.78. The molecule has 2 heterocycles. The molecular formula is C20H25BO2Si. The van der Waals surface area contributed by atoms with Crippen LogP contribution < -0.4 is 15.8 Å². The zero-order valence-electron chi connectivity index (χ0n) is 15.4. The molecule has 2 aromatic rings. The highest BCUT2D eigenvalue weighted by Gasteiger charge is 2.52. The Hall–Kier alpha value is -1.36. The van der Waals surface area contributed by atoms with Crippen molar-refractivity contribution in [3.05, 3.63) is 42.5 Å². The first-order valence-electron chi connectivity index (χ1n) is 8.73. The Balaban J connectivity index is 1.78. The zero-order chi connectivity index (χ0) is 17.3. The SMILES string of the molecule is CC1(C)OB(c2ccc3c(c2)[Si](C)(C)c2ccccc2-3)OC1(C)C. The monoisotopic (exact) mass is 336 g/mol. The molecule has 4 heteroatoms. The molecule has 124 valence electrons. The first-order chi connectivity index (χ1) is 11.1. The van der Waals surface area contributed by atoms with Crippen LogP contribution in [0.3, 0.4) is 0 Å². The maximum Gasteiger partial charge on any atom is 0.494 e. The van der Waals surface area contributed by atoms with Gasteiger partial charge in [-0.2, -0.15) is 0 Å². The molecule has 2 aliphatic rings. The summed E-state index contributed by atoms with van der Waals surface area (Å²) in [5.74, 6) is 0. The predicted octanol–water partition coefficient (Wildman–Crippen LogP) is 2.79. The van der Waals surface area contributed by atoms with Crippen LogP contribution in [0.1, 0.15) is 27.7 Å². The normalized spacial score (nSPS) is 22.3. The average Bonchev–Trinajstić information content (AvgIpc) is 2.88. The van der Waals surface area contributed by atoms with Gasteiger partial charge >= 0.3 is 7.12 Å². The Morgan fingerprint density at radius 2 is 1.38 bits per heavy atom. The standard InChI is InChI=1S/C20H25BO2Si/c1-19(2)20(3,4)23-21(22-19)14-11-12-16-15-9-7-8-10-17(15)24(5,6)18(16)13-14/h7-13H,1-6H3. The number of fused-ring (bicyclic) bond motifs is 3. The van der Waals surface area contributed by atoms with Gasteiger partial charge in [-0.1, -0.05) is 55.6 Å². The van der Waals surface area contributed by atoms with Crippen molar-refractivity contribution in [1.82, 2.24) is 0 Å². The highest BCUT2D eigenvalue weighted by atomic mass is 28.3. The number of hydrogen-bond acceptors (Lipinski definition) is 2. The molecule has 0 aliphatic carbocycles. The van der Waals surface area contributed by atoms with E-state index in [2.05, 4.69) is 83.3 Å². The van der Waals surface area contributed by atoms with Gasteiger partial charge in [-0.05, 0) is 54.7 Å². The molecule has 0 atom stereocenters. The van der Waals surface area contributed by atoms with Crippen LogP contribution in [0.25, 0.3) is 11.1 Å². The Morgan fingerprint density at radius 3 is 2.04 bits per heavy atom. The molecule has 0 bridgehead atoms. The summed E-state index contributed by atoms with van der Waals surface area (Å²) in [4.78, 5) is 0. The van der Waals surface area contributed by atoms with Crippen LogP contribution in [-0.4, -0.2) is 26.4 Å². The Bertz CT molecular complexity index is 810. The molecule has 1 saturated heterocycles. The molecule has 0 unspecified atom stereocenters. The number of rotatable bonds is 1. The third-order valence-corrected chi connectivity index (χ3v) is 9.68. The largest absolute Gasteiger partial charge is 0.494 e. The van der Waals surface area contributed by atoms with E-state index in [1.54, 1.807) is 0 Å². The summed E-state index contributed by atoms with van der Waals surface area (Å²) in [5, 5.41) is 3.03. The molecule has 0 N–H and O–H groups in total. The lowest BCUT2D eigenvalue weighted by Gasteiger charge is -2.32. The van der Waals surface area contributed by atoms with Crippen LogP contribution in [0.15, 0.2) is 42.5 Å². The smallest absolute Gasteiger partial charge is 0.399 e. The predicted molar refractivity (Wildman–Crippen MR) is 104 cm³/mol. The van der Waals surface area contributed by atoms with Crippen molar-refractivity contribution in [2.24, 2.45) is 0 Å². The third kappa shape index (κ3) is 2.10. The van der Waals surface area contributed by atoms with E-state index in [9.17, 15) is 0 Å². The Labute approximate surface area is 146 Å². The highest BCUT2D eigenvalue weighted by molar-refractivity contribution is 7.04. The molecule has 0 aromatic heterocycles. The molecular weight excluding hydrogens is 311 g/mol. The van der Waals surface area contributed by atoms with Gasteiger partial charge in [0.05, 0.1) is 11.2 Å². The van der Waals surface area contributed by atoms with Gasteiger partial charge < -0.3 is 9.31 Å². The molecule has 1 fully saturated rings. The Kier molecular flexibility index (Phi) is 3.25. The summed E-state index contributed by atoms with van der Waals surface area (Å²) in [6.45, 7) is 13.3. The molecule has 0 radical (unpaired) electrons. The van der Waals surface area contributed by atoms with E-state index in [1.165, 1.54) is 21.5 Å². The van der Waals surface area contributed by atoms with Crippen molar-refractivity contribution in [1.29, 1.82) is 0 Å². The number of benzene rings is 2. The fourth-order valence-corrected chi connectivity index (χ4v) is 6.96. The van der Waals surface area contributed by atoms with Crippen molar-refractivity contribution >= 4 is 31.0 Å². The lowest BCUT2D eigenvalue weighted by molar-refractivity contribution is 0.00578. The number of hydrogen-bond donors (Lipinski definition) is 0. The van der Waals surface area contributed by atoms with Crippen molar-refractivity contribution < 1.29 is 9.31 Å². The molecule has 4 rings (SSSR count). The fourth-order valence-electron chi connectivity index (χ4n) is 3.85. The molecule has 0 saturated carbocycles. The third-order valence-electron chi connectivity index (χ3n) is 6.13. The maximum absolute atomic E-state index is 6.25. The topological polar surface area (TPSA) is 18.5 Å². The average molecular weight is 336 g/mol. The van der Waals surface area contributed by atoms with Crippen LogP contribution in [0.2, 0.25) is 13.1 Å². The minimum absolute atomic E-state index is 0.284. The van der Waals surface area contributed by atoms with Gasteiger partial charge in [-0.3, -0.25) is 0 Å². The maximum atomic E-state index is 6.25. The lowest BCUT2D eigenvalue weighted by Crippen LogP contribution is -2.51. The van der Waals surface area contributed by atoms with E-state index in [0.29, 0.717) is 0 Å². The summed E-state index contributed by atoms with van der Waals surface area (Å²) < 4.78 is 12.5. The first kappa shape index (κ1) is 16.1. The molecule has 2 nitrogen and oxygen atoms in total. The van der Waals surface area contributed by atoms with E-state index in [1.807, 2.05) is 0 Å². The summed E-state index contributed by atoms with van der Waals surface area (Å²) in [5.41, 5.74) is 3.34. The van der Waals surface area contributed by atoms with Gasteiger partial charge in [0.25, 0.3) is 0 Å². The van der Waals surface area contributed by atoms with Gasteiger partial charge in [0, 0.05) is 0 Å². The van der Waals surface area contributed by atoms with Gasteiger partial charge in [-0.15, -0.1) is 0 Å². The van der Waals surface area contributed by atoms with Crippen LogP contribution in [0, 0.1) is 0 Å². The van der Waals surface area contributed by atoms with Gasteiger partial charge in [0.15, 0.2) is 0 Å². The summed E-state index contributed by atoms with van der Waals surface area (Å²) >= 11 is 0. The van der Waals surface area contributed by atoms with Gasteiger partial charge in [-0.25, -0.2) is 0 Å². The quantitative estimate of drug-likeness (QED) is 0.746. The second kappa shape index (κ2) is 4.84. The van der Waals surface area contributed by atoms with Crippen molar-refractivity contribution in [2.45, 2.75) is 52.0 Å².